The Morgan fingerprint density at radius 1 is 1.09 bits per heavy atom. The van der Waals surface area contributed by atoms with Crippen LogP contribution in [-0.2, 0) is 21.0 Å². The fourth-order valence-corrected chi connectivity index (χ4v) is 2.01. The number of benzene rings is 2. The highest BCUT2D eigenvalue weighted by molar-refractivity contribution is 5.94. The molecule has 0 aliphatic rings. The molecule has 0 fully saturated rings. The summed E-state index contributed by atoms with van der Waals surface area (Å²) in [5.74, 6) is -0.374. The second-order valence-electron chi connectivity index (χ2n) is 5.17. The van der Waals surface area contributed by atoms with Crippen LogP contribution in [0.25, 0.3) is 6.08 Å². The molecule has 0 aliphatic heterocycles. The molecule has 0 saturated heterocycles. The third-order valence-corrected chi connectivity index (χ3v) is 3.31. The number of nitrogens with one attached hydrogen (secondary N) is 1. The van der Waals surface area contributed by atoms with Crippen molar-refractivity contribution in [2.45, 2.75) is 13.5 Å². The van der Waals surface area contributed by atoms with E-state index in [2.05, 4.69) is 5.48 Å². The molecular weight excluding hydrogens is 290 g/mol. The maximum absolute atomic E-state index is 11.9. The van der Waals surface area contributed by atoms with Gasteiger partial charge in [-0.15, -0.1) is 0 Å². The molecule has 4 heteroatoms. The number of rotatable bonds is 7. The van der Waals surface area contributed by atoms with E-state index in [4.69, 9.17) is 9.57 Å². The molecule has 0 bridgehead atoms. The SMILES string of the molecule is COC(=O)/C(=C/c1ccc(C)cc1)CNOCc1ccccc1. The zero-order valence-corrected chi connectivity index (χ0v) is 13.4. The third kappa shape index (κ3) is 5.70. The molecule has 0 aliphatic carbocycles. The average molecular weight is 311 g/mol. The van der Waals surface area contributed by atoms with Gasteiger partial charge in [0.2, 0.25) is 0 Å². The van der Waals surface area contributed by atoms with E-state index in [1.54, 1.807) is 6.08 Å². The molecule has 0 amide bonds. The van der Waals surface area contributed by atoms with Crippen molar-refractivity contribution in [3.63, 3.8) is 0 Å². The summed E-state index contributed by atoms with van der Waals surface area (Å²) in [7, 11) is 1.37. The van der Waals surface area contributed by atoms with Crippen molar-refractivity contribution in [1.29, 1.82) is 0 Å². The summed E-state index contributed by atoms with van der Waals surface area (Å²) in [5.41, 5.74) is 6.49. The fourth-order valence-electron chi connectivity index (χ4n) is 2.01. The highest BCUT2D eigenvalue weighted by Gasteiger charge is 2.09. The largest absolute Gasteiger partial charge is 0.466 e. The van der Waals surface area contributed by atoms with Gasteiger partial charge in [-0.3, -0.25) is 4.84 Å². The number of carbonyl (C=O) groups is 1. The first-order chi connectivity index (χ1) is 11.2. The zero-order chi connectivity index (χ0) is 16.5. The van der Waals surface area contributed by atoms with E-state index in [1.807, 2.05) is 61.5 Å². The highest BCUT2D eigenvalue weighted by Crippen LogP contribution is 2.09. The molecule has 0 radical (unpaired) electrons. The Bertz CT molecular complexity index is 648. The van der Waals surface area contributed by atoms with Gasteiger partial charge in [0, 0.05) is 0 Å². The molecule has 120 valence electrons. The Balaban J connectivity index is 1.93. The van der Waals surface area contributed by atoms with Crippen molar-refractivity contribution in [3.05, 3.63) is 76.9 Å². The van der Waals surface area contributed by atoms with E-state index >= 15 is 0 Å². The maximum atomic E-state index is 11.9. The lowest BCUT2D eigenvalue weighted by Crippen LogP contribution is -2.22. The first-order valence-electron chi connectivity index (χ1n) is 7.43. The number of esters is 1. The Hall–Kier alpha value is -2.43. The Labute approximate surface area is 136 Å². The van der Waals surface area contributed by atoms with Crippen molar-refractivity contribution in [2.24, 2.45) is 0 Å². The van der Waals surface area contributed by atoms with Gasteiger partial charge >= 0.3 is 5.97 Å². The number of hydrogen-bond donors (Lipinski definition) is 1. The molecule has 0 aromatic heterocycles. The van der Waals surface area contributed by atoms with Gasteiger partial charge in [0.05, 0.1) is 25.8 Å². The second kappa shape index (κ2) is 8.88. The van der Waals surface area contributed by atoms with Crippen molar-refractivity contribution in [1.82, 2.24) is 5.48 Å². The first kappa shape index (κ1) is 16.9. The molecule has 0 unspecified atom stereocenters. The summed E-state index contributed by atoms with van der Waals surface area (Å²) in [6, 6.07) is 17.7. The number of hydroxylamine groups is 1. The molecule has 2 aromatic rings. The van der Waals surface area contributed by atoms with E-state index in [0.717, 1.165) is 11.1 Å². The average Bonchev–Trinajstić information content (AvgIpc) is 2.59. The summed E-state index contributed by atoms with van der Waals surface area (Å²) in [5, 5.41) is 0. The predicted octanol–water partition coefficient (Wildman–Crippen LogP) is 3.27. The number of aryl methyl sites for hydroxylation is 1. The van der Waals surface area contributed by atoms with Crippen molar-refractivity contribution < 1.29 is 14.4 Å². The van der Waals surface area contributed by atoms with Gasteiger partial charge in [-0.2, -0.15) is 5.48 Å². The van der Waals surface area contributed by atoms with E-state index < -0.39 is 0 Å². The minimum absolute atomic E-state index is 0.271. The van der Waals surface area contributed by atoms with Crippen LogP contribution >= 0.6 is 0 Å². The van der Waals surface area contributed by atoms with Crippen LogP contribution in [0.3, 0.4) is 0 Å². The van der Waals surface area contributed by atoms with E-state index in [-0.39, 0.29) is 12.5 Å². The van der Waals surface area contributed by atoms with Crippen LogP contribution in [0.2, 0.25) is 0 Å². The normalized spacial score (nSPS) is 11.3. The lowest BCUT2D eigenvalue weighted by Gasteiger charge is -2.09. The van der Waals surface area contributed by atoms with Crippen LogP contribution in [0.15, 0.2) is 60.2 Å². The van der Waals surface area contributed by atoms with Gasteiger partial charge in [0.25, 0.3) is 0 Å². The standard InChI is InChI=1S/C19H21NO3/c1-15-8-10-16(11-9-15)12-18(19(21)22-2)13-20-23-14-17-6-4-3-5-7-17/h3-12,20H,13-14H2,1-2H3/b18-12+. The van der Waals surface area contributed by atoms with E-state index in [9.17, 15) is 4.79 Å². The van der Waals surface area contributed by atoms with Crippen LogP contribution in [0.4, 0.5) is 0 Å². The Morgan fingerprint density at radius 2 is 1.78 bits per heavy atom. The summed E-state index contributed by atoms with van der Waals surface area (Å²) < 4.78 is 4.82. The maximum Gasteiger partial charge on any atom is 0.335 e. The number of carbonyl (C=O) groups excluding carboxylic acids is 1. The van der Waals surface area contributed by atoms with Gasteiger partial charge in [0.1, 0.15) is 0 Å². The number of hydrogen-bond acceptors (Lipinski definition) is 4. The molecule has 0 spiro atoms. The summed E-state index contributed by atoms with van der Waals surface area (Å²) in [6.07, 6.45) is 1.80. The molecule has 0 saturated carbocycles. The summed E-state index contributed by atoms with van der Waals surface area (Å²) in [6.45, 7) is 2.72. The molecule has 2 aromatic carbocycles. The quantitative estimate of drug-likeness (QED) is 0.369. The van der Waals surface area contributed by atoms with Gasteiger partial charge < -0.3 is 4.74 Å². The Kier molecular flexibility index (Phi) is 6.54. The highest BCUT2D eigenvalue weighted by atomic mass is 16.6. The second-order valence-corrected chi connectivity index (χ2v) is 5.17. The molecule has 4 nitrogen and oxygen atoms in total. The summed E-state index contributed by atoms with van der Waals surface area (Å²) in [4.78, 5) is 17.3. The topological polar surface area (TPSA) is 47.6 Å². The minimum Gasteiger partial charge on any atom is -0.466 e. The van der Waals surface area contributed by atoms with Gasteiger partial charge in [-0.1, -0.05) is 60.2 Å². The van der Waals surface area contributed by atoms with Crippen molar-refractivity contribution in [3.8, 4) is 0 Å². The van der Waals surface area contributed by atoms with Gasteiger partial charge in [-0.25, -0.2) is 4.79 Å². The van der Waals surface area contributed by atoms with Crippen LogP contribution in [0.1, 0.15) is 16.7 Å². The molecule has 23 heavy (non-hydrogen) atoms. The van der Waals surface area contributed by atoms with Crippen LogP contribution in [0, 0.1) is 6.92 Å². The lowest BCUT2D eigenvalue weighted by molar-refractivity contribution is -0.136. The smallest absolute Gasteiger partial charge is 0.335 e. The van der Waals surface area contributed by atoms with Crippen molar-refractivity contribution in [2.75, 3.05) is 13.7 Å². The lowest BCUT2D eigenvalue weighted by atomic mass is 10.1. The monoisotopic (exact) mass is 311 g/mol. The minimum atomic E-state index is -0.374. The number of ether oxygens (including phenoxy) is 1. The van der Waals surface area contributed by atoms with Crippen LogP contribution < -0.4 is 5.48 Å². The zero-order valence-electron chi connectivity index (χ0n) is 13.4. The van der Waals surface area contributed by atoms with Gasteiger partial charge in [-0.05, 0) is 24.1 Å². The molecule has 0 atom stereocenters. The molecule has 2 rings (SSSR count). The third-order valence-electron chi connectivity index (χ3n) is 3.31. The van der Waals surface area contributed by atoms with E-state index in [1.165, 1.54) is 12.7 Å². The first-order valence-corrected chi connectivity index (χ1v) is 7.43. The number of methoxy groups -OCH3 is 1. The Morgan fingerprint density at radius 3 is 2.43 bits per heavy atom. The predicted molar refractivity (Wildman–Crippen MR) is 90.4 cm³/mol. The molecule has 0 heterocycles. The summed E-state index contributed by atoms with van der Waals surface area (Å²) >= 11 is 0. The molecular formula is C19H21NO3. The van der Waals surface area contributed by atoms with E-state index in [0.29, 0.717) is 12.2 Å². The molecule has 1 N–H and O–H groups in total. The van der Waals surface area contributed by atoms with Gasteiger partial charge in [0.15, 0.2) is 0 Å². The van der Waals surface area contributed by atoms with Crippen molar-refractivity contribution >= 4 is 12.0 Å². The van der Waals surface area contributed by atoms with Crippen LogP contribution in [0.5, 0.6) is 0 Å². The fraction of sp³-hybridized carbons (Fsp3) is 0.211. The van der Waals surface area contributed by atoms with Crippen LogP contribution in [-0.4, -0.2) is 19.6 Å².